The van der Waals surface area contributed by atoms with Gasteiger partial charge in [-0.05, 0) is 23.8 Å². The molecule has 0 saturated carbocycles. The van der Waals surface area contributed by atoms with Crippen LogP contribution < -0.4 is 5.73 Å². The first-order valence-corrected chi connectivity index (χ1v) is 4.81. The van der Waals surface area contributed by atoms with Crippen LogP contribution in [0.15, 0.2) is 42.5 Å². The number of nitrogens with two attached hydrogens (primary N) is 1. The molecule has 0 heterocycles. The molecule has 0 aliphatic carbocycles. The van der Waals surface area contributed by atoms with Crippen molar-refractivity contribution in [3.63, 3.8) is 0 Å². The third-order valence-electron chi connectivity index (χ3n) is 2.35. The summed E-state index contributed by atoms with van der Waals surface area (Å²) in [6, 6.07) is 11.3. The van der Waals surface area contributed by atoms with E-state index in [2.05, 4.69) is 0 Å². The van der Waals surface area contributed by atoms with Gasteiger partial charge in [-0.25, -0.2) is 4.39 Å². The number of anilines is 1. The molecule has 0 saturated heterocycles. The highest BCUT2D eigenvalue weighted by Gasteiger charge is 2.04. The minimum atomic E-state index is -0.362. The zero-order valence-electron chi connectivity index (χ0n) is 8.48. The maximum absolute atomic E-state index is 13.6. The van der Waals surface area contributed by atoms with Crippen LogP contribution in [0.25, 0.3) is 11.1 Å². The first-order chi connectivity index (χ1) is 7.70. The highest BCUT2D eigenvalue weighted by molar-refractivity contribution is 5.77. The molecule has 0 amide bonds. The largest absolute Gasteiger partial charge is 0.399 e. The molecule has 0 spiro atoms. The van der Waals surface area contributed by atoms with Crippen molar-refractivity contribution < 1.29 is 9.18 Å². The standard InChI is InChI=1S/C13H10FNO/c14-13-7-11(15)5-6-12(13)10-3-1-9(8-16)2-4-10/h1-8H,15H2. The van der Waals surface area contributed by atoms with Crippen LogP contribution in [0, 0.1) is 5.82 Å². The van der Waals surface area contributed by atoms with Crippen molar-refractivity contribution in [2.45, 2.75) is 0 Å². The van der Waals surface area contributed by atoms with Crippen LogP contribution in [-0.4, -0.2) is 6.29 Å². The van der Waals surface area contributed by atoms with Gasteiger partial charge in [-0.1, -0.05) is 24.3 Å². The van der Waals surface area contributed by atoms with Crippen LogP contribution in [-0.2, 0) is 0 Å². The maximum atomic E-state index is 13.6. The van der Waals surface area contributed by atoms with E-state index in [4.69, 9.17) is 5.73 Å². The Kier molecular flexibility index (Phi) is 2.68. The second kappa shape index (κ2) is 4.14. The van der Waals surface area contributed by atoms with E-state index in [9.17, 15) is 9.18 Å². The first kappa shape index (κ1) is 10.4. The van der Waals surface area contributed by atoms with E-state index in [1.807, 2.05) is 0 Å². The smallest absolute Gasteiger partial charge is 0.150 e. The van der Waals surface area contributed by atoms with E-state index in [0.29, 0.717) is 16.8 Å². The fourth-order valence-electron chi connectivity index (χ4n) is 1.51. The molecule has 0 fully saturated rings. The van der Waals surface area contributed by atoms with Crippen LogP contribution in [0.3, 0.4) is 0 Å². The van der Waals surface area contributed by atoms with E-state index in [1.54, 1.807) is 36.4 Å². The lowest BCUT2D eigenvalue weighted by Gasteiger charge is -2.04. The number of aldehydes is 1. The summed E-state index contributed by atoms with van der Waals surface area (Å²) >= 11 is 0. The molecule has 2 aromatic carbocycles. The average molecular weight is 215 g/mol. The molecule has 0 aromatic heterocycles. The average Bonchev–Trinajstić information content (AvgIpc) is 2.29. The lowest BCUT2D eigenvalue weighted by atomic mass is 10.0. The van der Waals surface area contributed by atoms with Crippen LogP contribution in [0.4, 0.5) is 10.1 Å². The van der Waals surface area contributed by atoms with Crippen LogP contribution in [0.1, 0.15) is 10.4 Å². The Morgan fingerprint density at radius 3 is 2.31 bits per heavy atom. The molecular weight excluding hydrogens is 205 g/mol. The molecule has 0 aliphatic rings. The van der Waals surface area contributed by atoms with Gasteiger partial charge in [0.2, 0.25) is 0 Å². The summed E-state index contributed by atoms with van der Waals surface area (Å²) < 4.78 is 13.6. The van der Waals surface area contributed by atoms with E-state index in [-0.39, 0.29) is 5.82 Å². The number of carbonyl (C=O) groups excluding carboxylic acids is 1. The molecule has 2 nitrogen and oxygen atoms in total. The quantitative estimate of drug-likeness (QED) is 0.618. The molecule has 0 radical (unpaired) electrons. The number of nitrogen functional groups attached to an aromatic ring is 1. The second-order valence-electron chi connectivity index (χ2n) is 3.48. The van der Waals surface area contributed by atoms with Gasteiger partial charge in [0.1, 0.15) is 12.1 Å². The number of carbonyl (C=O) groups is 1. The fourth-order valence-corrected chi connectivity index (χ4v) is 1.51. The topological polar surface area (TPSA) is 43.1 Å². The molecular formula is C13H10FNO. The molecule has 0 aliphatic heterocycles. The molecule has 0 bridgehead atoms. The molecule has 2 aromatic rings. The summed E-state index contributed by atoms with van der Waals surface area (Å²) in [5.74, 6) is -0.362. The van der Waals surface area contributed by atoms with Crippen molar-refractivity contribution in [2.24, 2.45) is 0 Å². The molecule has 2 rings (SSSR count). The van der Waals surface area contributed by atoms with Gasteiger partial charge in [0.05, 0.1) is 0 Å². The van der Waals surface area contributed by atoms with Gasteiger partial charge in [0.15, 0.2) is 0 Å². The zero-order valence-corrected chi connectivity index (χ0v) is 8.48. The number of hydrogen-bond donors (Lipinski definition) is 1. The SMILES string of the molecule is Nc1ccc(-c2ccc(C=O)cc2)c(F)c1. The third kappa shape index (κ3) is 1.93. The van der Waals surface area contributed by atoms with Crippen molar-refractivity contribution in [1.29, 1.82) is 0 Å². The Morgan fingerprint density at radius 1 is 1.06 bits per heavy atom. The van der Waals surface area contributed by atoms with Crippen LogP contribution >= 0.6 is 0 Å². The van der Waals surface area contributed by atoms with Gasteiger partial charge in [0.25, 0.3) is 0 Å². The van der Waals surface area contributed by atoms with Crippen molar-refractivity contribution in [3.8, 4) is 11.1 Å². The Bertz CT molecular complexity index is 520. The van der Waals surface area contributed by atoms with Gasteiger partial charge in [-0.2, -0.15) is 0 Å². The first-order valence-electron chi connectivity index (χ1n) is 4.81. The second-order valence-corrected chi connectivity index (χ2v) is 3.48. The minimum absolute atomic E-state index is 0.362. The lowest BCUT2D eigenvalue weighted by molar-refractivity contribution is 0.112. The predicted molar refractivity (Wildman–Crippen MR) is 61.6 cm³/mol. The van der Waals surface area contributed by atoms with Gasteiger partial charge in [-0.3, -0.25) is 4.79 Å². The molecule has 16 heavy (non-hydrogen) atoms. The van der Waals surface area contributed by atoms with Crippen LogP contribution in [0.2, 0.25) is 0 Å². The van der Waals surface area contributed by atoms with Gasteiger partial charge in [-0.15, -0.1) is 0 Å². The molecule has 0 unspecified atom stereocenters. The van der Waals surface area contributed by atoms with Gasteiger partial charge in [0, 0.05) is 16.8 Å². The fraction of sp³-hybridized carbons (Fsp3) is 0. The number of hydrogen-bond acceptors (Lipinski definition) is 2. The molecule has 0 atom stereocenters. The maximum Gasteiger partial charge on any atom is 0.150 e. The van der Waals surface area contributed by atoms with E-state index >= 15 is 0 Å². The molecule has 80 valence electrons. The summed E-state index contributed by atoms with van der Waals surface area (Å²) in [6.07, 6.45) is 0.753. The van der Waals surface area contributed by atoms with Crippen molar-refractivity contribution in [3.05, 3.63) is 53.8 Å². The normalized spacial score (nSPS) is 10.1. The number of halogens is 1. The summed E-state index contributed by atoms with van der Waals surface area (Å²) in [6.45, 7) is 0. The van der Waals surface area contributed by atoms with E-state index in [1.165, 1.54) is 6.07 Å². The summed E-state index contributed by atoms with van der Waals surface area (Å²) in [4.78, 5) is 10.5. The minimum Gasteiger partial charge on any atom is -0.399 e. The van der Waals surface area contributed by atoms with E-state index < -0.39 is 0 Å². The van der Waals surface area contributed by atoms with Crippen LogP contribution in [0.5, 0.6) is 0 Å². The Balaban J connectivity index is 2.46. The third-order valence-corrected chi connectivity index (χ3v) is 2.35. The lowest BCUT2D eigenvalue weighted by Crippen LogP contribution is -1.89. The van der Waals surface area contributed by atoms with Crippen molar-refractivity contribution in [2.75, 3.05) is 5.73 Å². The van der Waals surface area contributed by atoms with Crippen molar-refractivity contribution in [1.82, 2.24) is 0 Å². The summed E-state index contributed by atoms with van der Waals surface area (Å²) in [5, 5.41) is 0. The number of benzene rings is 2. The van der Waals surface area contributed by atoms with Crippen molar-refractivity contribution >= 4 is 12.0 Å². The molecule has 2 N–H and O–H groups in total. The predicted octanol–water partition coefficient (Wildman–Crippen LogP) is 2.89. The summed E-state index contributed by atoms with van der Waals surface area (Å²) in [5.41, 5.74) is 7.63. The van der Waals surface area contributed by atoms with Gasteiger partial charge < -0.3 is 5.73 Å². The number of rotatable bonds is 2. The highest BCUT2D eigenvalue weighted by Crippen LogP contribution is 2.24. The Morgan fingerprint density at radius 2 is 1.75 bits per heavy atom. The van der Waals surface area contributed by atoms with E-state index in [0.717, 1.165) is 11.8 Å². The molecule has 3 heteroatoms. The Hall–Kier alpha value is -2.16. The highest BCUT2D eigenvalue weighted by atomic mass is 19.1. The zero-order chi connectivity index (χ0) is 11.5. The Labute approximate surface area is 92.5 Å². The monoisotopic (exact) mass is 215 g/mol. The van der Waals surface area contributed by atoms with Gasteiger partial charge >= 0.3 is 0 Å². The summed E-state index contributed by atoms with van der Waals surface area (Å²) in [7, 11) is 0.